The van der Waals surface area contributed by atoms with Crippen molar-refractivity contribution in [3.63, 3.8) is 0 Å². The summed E-state index contributed by atoms with van der Waals surface area (Å²) < 4.78 is 12.4. The molecule has 1 rings (SSSR count). The first kappa shape index (κ1) is 8.65. The van der Waals surface area contributed by atoms with Crippen LogP contribution in [0.1, 0.15) is 12.5 Å². The number of benzene rings is 1. The molecule has 0 amide bonds. The number of rotatable bonds is 2. The zero-order chi connectivity index (χ0) is 9.14. The molecule has 0 radical (unpaired) electrons. The molecule has 0 bridgehead atoms. The number of carbonyl (C=O) groups excluding carboxylic acids is 1. The van der Waals surface area contributed by atoms with Gasteiger partial charge in [0.25, 0.3) is 0 Å². The number of hydrogen-bond donors (Lipinski definition) is 0. The van der Waals surface area contributed by atoms with Crippen LogP contribution in [0.25, 0.3) is 5.57 Å². The number of Topliss-reactive ketones (excluding diaryl/α,β-unsaturated/α-hetero) is 1. The molecule has 1 aromatic carbocycles. The Morgan fingerprint density at radius 2 is 1.83 bits per heavy atom. The zero-order valence-corrected chi connectivity index (χ0v) is 6.80. The average molecular weight is 164 g/mol. The predicted octanol–water partition coefficient (Wildman–Crippen LogP) is 2.43. The molecule has 0 heterocycles. The summed E-state index contributed by atoms with van der Waals surface area (Å²) in [5.41, 5.74) is 1.08. The van der Waals surface area contributed by atoms with Crippen LogP contribution in [-0.2, 0) is 4.79 Å². The van der Waals surface area contributed by atoms with E-state index in [4.69, 9.17) is 0 Å². The maximum Gasteiger partial charge on any atom is 0.159 e. The van der Waals surface area contributed by atoms with Gasteiger partial charge in [0.1, 0.15) is 5.82 Å². The smallest absolute Gasteiger partial charge is 0.159 e. The number of halogens is 1. The van der Waals surface area contributed by atoms with E-state index in [2.05, 4.69) is 6.58 Å². The van der Waals surface area contributed by atoms with Crippen molar-refractivity contribution in [2.24, 2.45) is 0 Å². The summed E-state index contributed by atoms with van der Waals surface area (Å²) in [5.74, 6) is -0.406. The lowest BCUT2D eigenvalue weighted by Gasteiger charge is -1.99. The van der Waals surface area contributed by atoms with Crippen LogP contribution < -0.4 is 0 Å². The first-order valence-corrected chi connectivity index (χ1v) is 3.57. The number of ketones is 1. The maximum absolute atomic E-state index is 12.4. The second-order valence-electron chi connectivity index (χ2n) is 2.54. The Morgan fingerprint density at radius 3 is 2.25 bits per heavy atom. The number of hydrogen-bond acceptors (Lipinski definition) is 1. The summed E-state index contributed by atoms with van der Waals surface area (Å²) in [6.07, 6.45) is 0. The van der Waals surface area contributed by atoms with Crippen molar-refractivity contribution in [2.75, 3.05) is 0 Å². The lowest BCUT2D eigenvalue weighted by Crippen LogP contribution is -1.93. The molecular weight excluding hydrogens is 155 g/mol. The van der Waals surface area contributed by atoms with Crippen LogP contribution in [0.4, 0.5) is 4.39 Å². The summed E-state index contributed by atoms with van der Waals surface area (Å²) in [5, 5.41) is 0. The Morgan fingerprint density at radius 1 is 1.33 bits per heavy atom. The van der Waals surface area contributed by atoms with Gasteiger partial charge in [-0.3, -0.25) is 4.79 Å². The van der Waals surface area contributed by atoms with Crippen molar-refractivity contribution in [2.45, 2.75) is 6.92 Å². The molecule has 0 spiro atoms. The second-order valence-corrected chi connectivity index (χ2v) is 2.54. The molecule has 0 N–H and O–H groups in total. The van der Waals surface area contributed by atoms with E-state index in [1.165, 1.54) is 19.1 Å². The van der Waals surface area contributed by atoms with E-state index in [9.17, 15) is 9.18 Å². The standard InChI is InChI=1S/C10H9FO/c1-7(8(2)12)9-3-5-10(11)6-4-9/h3-6H,1H2,2H3. The first-order chi connectivity index (χ1) is 5.61. The third-order valence-electron chi connectivity index (χ3n) is 1.62. The van der Waals surface area contributed by atoms with Gasteiger partial charge in [0, 0.05) is 5.57 Å². The number of carbonyl (C=O) groups is 1. The monoisotopic (exact) mass is 164 g/mol. The summed E-state index contributed by atoms with van der Waals surface area (Å²) in [6.45, 7) is 5.02. The van der Waals surface area contributed by atoms with E-state index in [0.29, 0.717) is 11.1 Å². The van der Waals surface area contributed by atoms with Gasteiger partial charge in [0.2, 0.25) is 0 Å². The summed E-state index contributed by atoms with van der Waals surface area (Å²) in [4.78, 5) is 10.8. The maximum atomic E-state index is 12.4. The quantitative estimate of drug-likeness (QED) is 0.613. The molecule has 0 aliphatic rings. The normalized spacial score (nSPS) is 9.50. The van der Waals surface area contributed by atoms with Crippen molar-refractivity contribution in [3.05, 3.63) is 42.2 Å². The number of allylic oxidation sites excluding steroid dienone is 1. The van der Waals surface area contributed by atoms with Crippen LogP contribution in [-0.4, -0.2) is 5.78 Å². The van der Waals surface area contributed by atoms with Crippen LogP contribution >= 0.6 is 0 Å². The molecular formula is C10H9FO. The summed E-state index contributed by atoms with van der Waals surface area (Å²) in [6, 6.07) is 5.70. The predicted molar refractivity (Wildman–Crippen MR) is 46.1 cm³/mol. The Hall–Kier alpha value is -1.44. The third-order valence-corrected chi connectivity index (χ3v) is 1.62. The molecule has 0 aliphatic carbocycles. The molecule has 12 heavy (non-hydrogen) atoms. The van der Waals surface area contributed by atoms with Crippen LogP contribution in [0, 0.1) is 5.82 Å². The molecule has 1 aromatic rings. The van der Waals surface area contributed by atoms with Gasteiger partial charge < -0.3 is 0 Å². The Kier molecular flexibility index (Phi) is 2.38. The fraction of sp³-hybridized carbons (Fsp3) is 0.100. The van der Waals surface area contributed by atoms with E-state index in [1.54, 1.807) is 12.1 Å². The highest BCUT2D eigenvalue weighted by atomic mass is 19.1. The molecule has 0 saturated heterocycles. The van der Waals surface area contributed by atoms with Crippen LogP contribution in [0.5, 0.6) is 0 Å². The Labute approximate surface area is 70.5 Å². The molecule has 0 aliphatic heterocycles. The lowest BCUT2D eigenvalue weighted by molar-refractivity contribution is -0.111. The minimum Gasteiger partial charge on any atom is -0.295 e. The van der Waals surface area contributed by atoms with E-state index in [1.807, 2.05) is 0 Å². The topological polar surface area (TPSA) is 17.1 Å². The van der Waals surface area contributed by atoms with Gasteiger partial charge in [-0.2, -0.15) is 0 Å². The van der Waals surface area contributed by atoms with Crippen LogP contribution in [0.3, 0.4) is 0 Å². The van der Waals surface area contributed by atoms with E-state index >= 15 is 0 Å². The Bertz CT molecular complexity index is 311. The molecule has 1 nitrogen and oxygen atoms in total. The zero-order valence-electron chi connectivity index (χ0n) is 6.80. The molecule has 2 heteroatoms. The van der Waals surface area contributed by atoms with Gasteiger partial charge in [0.15, 0.2) is 5.78 Å². The van der Waals surface area contributed by atoms with E-state index < -0.39 is 0 Å². The minimum absolute atomic E-state index is 0.0957. The van der Waals surface area contributed by atoms with Gasteiger partial charge in [-0.15, -0.1) is 0 Å². The molecule has 62 valence electrons. The van der Waals surface area contributed by atoms with Gasteiger partial charge >= 0.3 is 0 Å². The third kappa shape index (κ3) is 1.78. The van der Waals surface area contributed by atoms with Gasteiger partial charge in [0.05, 0.1) is 0 Å². The SMILES string of the molecule is C=C(C(C)=O)c1ccc(F)cc1. The van der Waals surface area contributed by atoms with Crippen molar-refractivity contribution < 1.29 is 9.18 Å². The summed E-state index contributed by atoms with van der Waals surface area (Å²) in [7, 11) is 0. The second kappa shape index (κ2) is 3.30. The van der Waals surface area contributed by atoms with E-state index in [-0.39, 0.29) is 11.6 Å². The fourth-order valence-corrected chi connectivity index (χ4v) is 0.854. The van der Waals surface area contributed by atoms with Gasteiger partial charge in [-0.1, -0.05) is 18.7 Å². The molecule has 0 fully saturated rings. The van der Waals surface area contributed by atoms with Crippen molar-refractivity contribution in [1.82, 2.24) is 0 Å². The van der Waals surface area contributed by atoms with Gasteiger partial charge in [-0.25, -0.2) is 4.39 Å². The molecule has 0 aromatic heterocycles. The van der Waals surface area contributed by atoms with E-state index in [0.717, 1.165) is 0 Å². The molecule has 0 unspecified atom stereocenters. The largest absolute Gasteiger partial charge is 0.295 e. The van der Waals surface area contributed by atoms with Crippen molar-refractivity contribution in [1.29, 1.82) is 0 Å². The average Bonchev–Trinajstić information content (AvgIpc) is 2.04. The van der Waals surface area contributed by atoms with Gasteiger partial charge in [-0.05, 0) is 24.6 Å². The fourth-order valence-electron chi connectivity index (χ4n) is 0.854. The molecule has 0 atom stereocenters. The highest BCUT2D eigenvalue weighted by molar-refractivity contribution is 6.18. The first-order valence-electron chi connectivity index (χ1n) is 3.57. The summed E-state index contributed by atoms with van der Waals surface area (Å²) >= 11 is 0. The molecule has 0 saturated carbocycles. The van der Waals surface area contributed by atoms with Crippen LogP contribution in [0.15, 0.2) is 30.8 Å². The Balaban J connectivity index is 2.98. The highest BCUT2D eigenvalue weighted by Gasteiger charge is 2.02. The van der Waals surface area contributed by atoms with Crippen molar-refractivity contribution in [3.8, 4) is 0 Å². The highest BCUT2D eigenvalue weighted by Crippen LogP contribution is 2.13. The minimum atomic E-state index is -0.310. The lowest BCUT2D eigenvalue weighted by atomic mass is 10.1. The van der Waals surface area contributed by atoms with Crippen molar-refractivity contribution >= 4 is 11.4 Å². The van der Waals surface area contributed by atoms with Crippen LogP contribution in [0.2, 0.25) is 0 Å².